The maximum Gasteiger partial charge on any atom is 0.225 e. The summed E-state index contributed by atoms with van der Waals surface area (Å²) >= 11 is 0. The van der Waals surface area contributed by atoms with E-state index in [0.717, 1.165) is 38.8 Å². The predicted molar refractivity (Wildman–Crippen MR) is 122 cm³/mol. The molecule has 4 fully saturated rings. The Morgan fingerprint density at radius 3 is 2.33 bits per heavy atom. The lowest BCUT2D eigenvalue weighted by atomic mass is 9.82. The van der Waals surface area contributed by atoms with E-state index in [1.807, 2.05) is 4.90 Å². The molecule has 0 aromatic rings. The number of aliphatic hydroxyl groups is 2. The Bertz CT molecular complexity index is 657. The van der Waals surface area contributed by atoms with Gasteiger partial charge in [-0.25, -0.2) is 0 Å². The summed E-state index contributed by atoms with van der Waals surface area (Å²) in [6.45, 7) is 6.68. The van der Waals surface area contributed by atoms with Crippen LogP contribution >= 0.6 is 0 Å². The highest BCUT2D eigenvalue weighted by atomic mass is 16.5. The molecule has 0 radical (unpaired) electrons. The van der Waals surface area contributed by atoms with Crippen LogP contribution in [0.3, 0.4) is 0 Å². The van der Waals surface area contributed by atoms with E-state index in [1.165, 1.54) is 25.8 Å². The number of piperidine rings is 1. The predicted octanol–water partition coefficient (Wildman–Crippen LogP) is -0.974. The number of aliphatic hydroxyl groups excluding tert-OH is 2. The van der Waals surface area contributed by atoms with Gasteiger partial charge in [0.05, 0.1) is 19.1 Å². The SMILES string of the molecule is CC1CCC(C(=O)NC[C@@H]2O[C@@H](CC(=O)N3CCN(C4CCCC[NH2+]4)CC3)[C@H](O)[C@@H]2O)CC1. The first-order chi connectivity index (χ1) is 15.9. The zero-order chi connectivity index (χ0) is 23.4. The van der Waals surface area contributed by atoms with Crippen LogP contribution in [0, 0.1) is 11.8 Å². The van der Waals surface area contributed by atoms with Gasteiger partial charge in [-0.15, -0.1) is 0 Å². The molecule has 4 rings (SSSR count). The molecular formula is C24H43N4O5+. The summed E-state index contributed by atoms with van der Waals surface area (Å²) < 4.78 is 5.84. The number of carbonyl (C=O) groups is 2. The molecule has 5 atom stereocenters. The van der Waals surface area contributed by atoms with Crippen molar-refractivity contribution in [3.8, 4) is 0 Å². The maximum absolute atomic E-state index is 12.9. The lowest BCUT2D eigenvalue weighted by Crippen LogP contribution is -2.95. The van der Waals surface area contributed by atoms with Gasteiger partial charge in [-0.05, 0) is 44.4 Å². The monoisotopic (exact) mass is 467 g/mol. The van der Waals surface area contributed by atoms with Crippen molar-refractivity contribution in [3.63, 3.8) is 0 Å². The Morgan fingerprint density at radius 2 is 1.67 bits per heavy atom. The van der Waals surface area contributed by atoms with Crippen molar-refractivity contribution < 1.29 is 29.9 Å². The summed E-state index contributed by atoms with van der Waals surface area (Å²) in [5.74, 6) is 0.655. The number of nitrogens with two attached hydrogens (primary N) is 1. The molecule has 9 nitrogen and oxygen atoms in total. The van der Waals surface area contributed by atoms with Crippen molar-refractivity contribution in [2.45, 2.75) is 88.9 Å². The second kappa shape index (κ2) is 11.4. The fraction of sp³-hybridized carbons (Fsp3) is 0.917. The van der Waals surface area contributed by atoms with Crippen molar-refractivity contribution in [1.29, 1.82) is 0 Å². The Balaban J connectivity index is 1.19. The van der Waals surface area contributed by atoms with Crippen LogP contribution in [0.1, 0.15) is 58.3 Å². The first-order valence-electron chi connectivity index (χ1n) is 13.1. The Labute approximate surface area is 197 Å². The molecule has 1 aliphatic carbocycles. The summed E-state index contributed by atoms with van der Waals surface area (Å²) in [5, 5.41) is 26.2. The van der Waals surface area contributed by atoms with E-state index in [9.17, 15) is 19.8 Å². The third kappa shape index (κ3) is 6.25. The largest absolute Gasteiger partial charge is 0.388 e. The van der Waals surface area contributed by atoms with E-state index in [4.69, 9.17) is 4.74 Å². The van der Waals surface area contributed by atoms with Gasteiger partial charge in [0.25, 0.3) is 0 Å². The first kappa shape index (κ1) is 24.9. The van der Waals surface area contributed by atoms with Gasteiger partial charge >= 0.3 is 0 Å². The van der Waals surface area contributed by atoms with Crippen molar-refractivity contribution >= 4 is 11.8 Å². The summed E-state index contributed by atoms with van der Waals surface area (Å²) in [7, 11) is 0. The van der Waals surface area contributed by atoms with Crippen molar-refractivity contribution in [1.82, 2.24) is 15.1 Å². The minimum absolute atomic E-state index is 0.000187. The summed E-state index contributed by atoms with van der Waals surface area (Å²) in [4.78, 5) is 29.7. The number of rotatable bonds is 6. The van der Waals surface area contributed by atoms with Gasteiger partial charge in [0.2, 0.25) is 11.8 Å². The molecule has 0 spiro atoms. The van der Waals surface area contributed by atoms with Crippen molar-refractivity contribution in [2.24, 2.45) is 11.8 Å². The second-order valence-electron chi connectivity index (χ2n) is 10.6. The molecular weight excluding hydrogens is 424 g/mol. The second-order valence-corrected chi connectivity index (χ2v) is 10.6. The zero-order valence-corrected chi connectivity index (χ0v) is 20.0. The summed E-state index contributed by atoms with van der Waals surface area (Å²) in [5.41, 5.74) is 0. The van der Waals surface area contributed by atoms with Crippen molar-refractivity contribution in [3.05, 3.63) is 0 Å². The number of carbonyl (C=O) groups excluding carboxylic acids is 2. The molecule has 3 heterocycles. The van der Waals surface area contributed by atoms with Gasteiger partial charge in [-0.2, -0.15) is 0 Å². The lowest BCUT2D eigenvalue weighted by molar-refractivity contribution is -0.717. The van der Waals surface area contributed by atoms with Crippen LogP contribution in [0.25, 0.3) is 0 Å². The fourth-order valence-electron chi connectivity index (χ4n) is 5.89. The van der Waals surface area contributed by atoms with Gasteiger partial charge in [0.15, 0.2) is 0 Å². The topological polar surface area (TPSA) is 119 Å². The molecule has 33 heavy (non-hydrogen) atoms. The average molecular weight is 468 g/mol. The van der Waals surface area contributed by atoms with Crippen LogP contribution in [0.2, 0.25) is 0 Å². The average Bonchev–Trinajstić information content (AvgIpc) is 3.11. The van der Waals surface area contributed by atoms with Crippen LogP contribution in [-0.4, -0.2) is 102 Å². The molecule has 0 aromatic carbocycles. The Kier molecular flexibility index (Phi) is 8.62. The molecule has 3 saturated heterocycles. The van der Waals surface area contributed by atoms with Crippen LogP contribution in [0.5, 0.6) is 0 Å². The Hall–Kier alpha value is -1.26. The minimum atomic E-state index is -1.12. The minimum Gasteiger partial charge on any atom is -0.388 e. The molecule has 0 aromatic heterocycles. The van der Waals surface area contributed by atoms with E-state index in [2.05, 4.69) is 22.5 Å². The first-order valence-corrected chi connectivity index (χ1v) is 13.1. The Morgan fingerprint density at radius 1 is 0.970 bits per heavy atom. The van der Waals surface area contributed by atoms with Gasteiger partial charge < -0.3 is 30.5 Å². The standard InChI is InChI=1S/C24H42N4O5/c1-16-5-7-17(8-6-16)24(32)26-15-19-23(31)22(30)18(33-19)14-21(29)28-12-10-27(11-13-28)20-4-2-3-9-25-20/h16-20,22-23,25,30-31H,2-15H2,1H3,(H,26,32)/p+1/t16?,17?,18-,19-,20?,22-,23+/m0/s1. The summed E-state index contributed by atoms with van der Waals surface area (Å²) in [6.07, 6.45) is 4.64. The van der Waals surface area contributed by atoms with Gasteiger partial charge in [-0.1, -0.05) is 6.92 Å². The molecule has 188 valence electrons. The fourth-order valence-corrected chi connectivity index (χ4v) is 5.89. The zero-order valence-electron chi connectivity index (χ0n) is 20.0. The van der Waals surface area contributed by atoms with Crippen molar-refractivity contribution in [2.75, 3.05) is 39.3 Å². The normalized spacial score (nSPS) is 38.3. The van der Waals surface area contributed by atoms with Crippen LogP contribution < -0.4 is 10.6 Å². The van der Waals surface area contributed by atoms with Gasteiger partial charge in [0, 0.05) is 45.1 Å². The molecule has 2 amide bonds. The molecule has 4 aliphatic rings. The molecule has 0 bridgehead atoms. The number of piperazine rings is 1. The van der Waals surface area contributed by atoms with Crippen LogP contribution in [-0.2, 0) is 14.3 Å². The number of amides is 2. The summed E-state index contributed by atoms with van der Waals surface area (Å²) in [6, 6.07) is 0. The highest BCUT2D eigenvalue weighted by molar-refractivity contribution is 5.78. The van der Waals surface area contributed by atoms with E-state index < -0.39 is 24.4 Å². The molecule has 1 saturated carbocycles. The third-order valence-corrected chi connectivity index (χ3v) is 8.23. The molecule has 1 unspecified atom stereocenters. The van der Waals surface area contributed by atoms with E-state index in [-0.39, 0.29) is 30.7 Å². The number of nitrogens with zero attached hydrogens (tertiary/aromatic N) is 2. The van der Waals surface area contributed by atoms with Gasteiger partial charge in [0.1, 0.15) is 24.5 Å². The van der Waals surface area contributed by atoms with Crippen LogP contribution in [0.15, 0.2) is 0 Å². The quantitative estimate of drug-likeness (QED) is 0.399. The molecule has 9 heteroatoms. The number of hydrogen-bond donors (Lipinski definition) is 4. The van der Waals surface area contributed by atoms with Crippen LogP contribution in [0.4, 0.5) is 0 Å². The lowest BCUT2D eigenvalue weighted by Gasteiger charge is -2.39. The highest BCUT2D eigenvalue weighted by Crippen LogP contribution is 2.29. The van der Waals surface area contributed by atoms with Gasteiger partial charge in [-0.3, -0.25) is 14.5 Å². The smallest absolute Gasteiger partial charge is 0.225 e. The number of ether oxygens (including phenoxy) is 1. The van der Waals surface area contributed by atoms with E-state index in [1.54, 1.807) is 0 Å². The maximum atomic E-state index is 12.9. The number of quaternary nitrogens is 1. The third-order valence-electron chi connectivity index (χ3n) is 8.23. The van der Waals surface area contributed by atoms with E-state index >= 15 is 0 Å². The van der Waals surface area contributed by atoms with E-state index in [0.29, 0.717) is 25.2 Å². The number of nitrogens with one attached hydrogen (secondary N) is 1. The molecule has 3 aliphatic heterocycles. The highest BCUT2D eigenvalue weighted by Gasteiger charge is 2.44. The number of hydrogen-bond acceptors (Lipinski definition) is 6. The molecule has 5 N–H and O–H groups in total.